The van der Waals surface area contributed by atoms with Crippen molar-refractivity contribution in [3.63, 3.8) is 0 Å². The van der Waals surface area contributed by atoms with E-state index in [1.807, 2.05) is 0 Å². The molecule has 2 aromatic carbocycles. The quantitative estimate of drug-likeness (QED) is 0.855. The molecule has 0 amide bonds. The Balaban J connectivity index is 2.00. The van der Waals surface area contributed by atoms with Gasteiger partial charge in [0, 0.05) is 6.04 Å². The zero-order valence-corrected chi connectivity index (χ0v) is 11.5. The molecule has 0 aliphatic carbocycles. The summed E-state index contributed by atoms with van der Waals surface area (Å²) in [7, 11) is 0. The number of hydrogen-bond acceptors (Lipinski definition) is 1. The van der Waals surface area contributed by atoms with Crippen LogP contribution in [0.3, 0.4) is 0 Å². The van der Waals surface area contributed by atoms with Crippen LogP contribution in [0.2, 0.25) is 0 Å². The third-order valence-electron chi connectivity index (χ3n) is 3.99. The van der Waals surface area contributed by atoms with Crippen molar-refractivity contribution >= 4 is 0 Å². The lowest BCUT2D eigenvalue weighted by Gasteiger charge is -2.27. The molecule has 0 saturated carbocycles. The van der Waals surface area contributed by atoms with E-state index in [0.717, 1.165) is 13.0 Å². The maximum atomic E-state index is 3.65. The number of benzene rings is 2. The van der Waals surface area contributed by atoms with E-state index < -0.39 is 0 Å². The van der Waals surface area contributed by atoms with Crippen molar-refractivity contribution in [2.45, 2.75) is 32.2 Å². The molecule has 1 atom stereocenters. The smallest absolute Gasteiger partial charge is 0.0323 e. The lowest BCUT2D eigenvalue weighted by atomic mass is 9.89. The van der Waals surface area contributed by atoms with Gasteiger partial charge in [0.2, 0.25) is 0 Å². The molecule has 3 rings (SSSR count). The first kappa shape index (κ1) is 12.4. The number of fused-ring (bicyclic) bond motifs is 1. The first-order valence-electron chi connectivity index (χ1n) is 7.30. The fraction of sp³-hybridized carbons (Fsp3) is 0.333. The average Bonchev–Trinajstić information content (AvgIpc) is 2.48. The first-order valence-corrected chi connectivity index (χ1v) is 7.30. The number of nitrogens with one attached hydrogen (secondary N) is 1. The van der Waals surface area contributed by atoms with Crippen molar-refractivity contribution in [3.8, 4) is 11.1 Å². The molecule has 1 aliphatic rings. The van der Waals surface area contributed by atoms with Crippen molar-refractivity contribution in [1.82, 2.24) is 5.32 Å². The van der Waals surface area contributed by atoms with Gasteiger partial charge in [0.1, 0.15) is 0 Å². The van der Waals surface area contributed by atoms with Crippen LogP contribution in [0.1, 0.15) is 36.9 Å². The molecule has 1 heterocycles. The summed E-state index contributed by atoms with van der Waals surface area (Å²) in [6, 6.07) is 18.2. The maximum Gasteiger partial charge on any atom is 0.0323 e. The molecule has 0 aromatic heterocycles. The van der Waals surface area contributed by atoms with Gasteiger partial charge < -0.3 is 5.32 Å². The Labute approximate surface area is 115 Å². The van der Waals surface area contributed by atoms with Crippen LogP contribution < -0.4 is 5.32 Å². The van der Waals surface area contributed by atoms with E-state index in [4.69, 9.17) is 0 Å². The Morgan fingerprint density at radius 3 is 2.68 bits per heavy atom. The second-order valence-electron chi connectivity index (χ2n) is 5.33. The molecule has 19 heavy (non-hydrogen) atoms. The molecule has 2 aromatic rings. The van der Waals surface area contributed by atoms with Gasteiger partial charge in [-0.05, 0) is 47.7 Å². The van der Waals surface area contributed by atoms with Crippen LogP contribution in [0.4, 0.5) is 0 Å². The summed E-state index contributed by atoms with van der Waals surface area (Å²) in [6.07, 6.45) is 3.61. The van der Waals surface area contributed by atoms with Gasteiger partial charge >= 0.3 is 0 Å². The minimum atomic E-state index is 0.539. The largest absolute Gasteiger partial charge is 0.310 e. The molecule has 0 spiro atoms. The fourth-order valence-electron chi connectivity index (χ4n) is 2.99. The Kier molecular flexibility index (Phi) is 3.65. The third kappa shape index (κ3) is 2.57. The highest BCUT2D eigenvalue weighted by Gasteiger charge is 2.19. The third-order valence-corrected chi connectivity index (χ3v) is 3.99. The van der Waals surface area contributed by atoms with E-state index in [1.165, 1.54) is 35.1 Å². The zero-order valence-electron chi connectivity index (χ0n) is 11.5. The van der Waals surface area contributed by atoms with Gasteiger partial charge in [-0.3, -0.25) is 0 Å². The van der Waals surface area contributed by atoms with E-state index >= 15 is 0 Å². The molecule has 0 bridgehead atoms. The number of hydrogen-bond donors (Lipinski definition) is 1. The molecular weight excluding hydrogens is 230 g/mol. The van der Waals surface area contributed by atoms with E-state index in [1.54, 1.807) is 0 Å². The molecule has 1 unspecified atom stereocenters. The topological polar surface area (TPSA) is 12.0 Å². The molecule has 0 fully saturated rings. The Morgan fingerprint density at radius 1 is 1.05 bits per heavy atom. The van der Waals surface area contributed by atoms with Gasteiger partial charge in [0.15, 0.2) is 0 Å². The molecule has 0 radical (unpaired) electrons. The Bertz CT molecular complexity index is 545. The van der Waals surface area contributed by atoms with E-state index in [9.17, 15) is 0 Å². The van der Waals surface area contributed by atoms with Crippen LogP contribution >= 0.6 is 0 Å². The SMILES string of the molecule is CCCC1NCCc2ccc(-c3ccccc3)cc21. The maximum absolute atomic E-state index is 3.65. The Hall–Kier alpha value is -1.60. The summed E-state index contributed by atoms with van der Waals surface area (Å²) < 4.78 is 0. The van der Waals surface area contributed by atoms with Crippen molar-refractivity contribution in [2.75, 3.05) is 6.54 Å². The van der Waals surface area contributed by atoms with Gasteiger partial charge in [-0.15, -0.1) is 0 Å². The summed E-state index contributed by atoms with van der Waals surface area (Å²) in [4.78, 5) is 0. The van der Waals surface area contributed by atoms with Crippen molar-refractivity contribution < 1.29 is 0 Å². The van der Waals surface area contributed by atoms with Crippen LogP contribution in [-0.2, 0) is 6.42 Å². The highest BCUT2D eigenvalue weighted by atomic mass is 14.9. The summed E-state index contributed by atoms with van der Waals surface area (Å²) in [5.41, 5.74) is 5.68. The summed E-state index contributed by atoms with van der Waals surface area (Å²) in [5.74, 6) is 0. The van der Waals surface area contributed by atoms with Crippen LogP contribution in [0.5, 0.6) is 0 Å². The molecule has 98 valence electrons. The van der Waals surface area contributed by atoms with Gasteiger partial charge in [0.05, 0.1) is 0 Å². The van der Waals surface area contributed by atoms with Crippen molar-refractivity contribution in [3.05, 3.63) is 59.7 Å². The first-order chi connectivity index (χ1) is 9.38. The van der Waals surface area contributed by atoms with Gasteiger partial charge in [0.25, 0.3) is 0 Å². The van der Waals surface area contributed by atoms with E-state index in [0.29, 0.717) is 6.04 Å². The standard InChI is InChI=1S/C18H21N/c1-2-6-18-17-13-16(14-7-4-3-5-8-14)10-9-15(17)11-12-19-18/h3-5,7-10,13,18-19H,2,6,11-12H2,1H3. The lowest BCUT2D eigenvalue weighted by Crippen LogP contribution is -2.29. The minimum absolute atomic E-state index is 0.539. The second-order valence-corrected chi connectivity index (χ2v) is 5.33. The second kappa shape index (κ2) is 5.58. The van der Waals surface area contributed by atoms with Gasteiger partial charge in [-0.25, -0.2) is 0 Å². The number of rotatable bonds is 3. The summed E-state index contributed by atoms with van der Waals surface area (Å²) >= 11 is 0. The summed E-state index contributed by atoms with van der Waals surface area (Å²) in [5, 5.41) is 3.65. The molecule has 1 N–H and O–H groups in total. The predicted molar refractivity (Wildman–Crippen MR) is 81.2 cm³/mol. The fourth-order valence-corrected chi connectivity index (χ4v) is 2.99. The minimum Gasteiger partial charge on any atom is -0.310 e. The highest BCUT2D eigenvalue weighted by molar-refractivity contribution is 5.65. The normalized spacial score (nSPS) is 18.1. The van der Waals surface area contributed by atoms with Crippen LogP contribution in [0.15, 0.2) is 48.5 Å². The van der Waals surface area contributed by atoms with Crippen LogP contribution in [0.25, 0.3) is 11.1 Å². The predicted octanol–water partition coefficient (Wildman–Crippen LogP) is 4.34. The monoisotopic (exact) mass is 251 g/mol. The average molecular weight is 251 g/mol. The molecule has 0 saturated heterocycles. The van der Waals surface area contributed by atoms with Crippen molar-refractivity contribution in [2.24, 2.45) is 0 Å². The van der Waals surface area contributed by atoms with Crippen LogP contribution in [-0.4, -0.2) is 6.54 Å². The van der Waals surface area contributed by atoms with Crippen molar-refractivity contribution in [1.29, 1.82) is 0 Å². The van der Waals surface area contributed by atoms with Crippen LogP contribution in [0, 0.1) is 0 Å². The molecule has 1 heteroatoms. The molecule has 1 nitrogen and oxygen atoms in total. The Morgan fingerprint density at radius 2 is 1.89 bits per heavy atom. The molecule has 1 aliphatic heterocycles. The lowest BCUT2D eigenvalue weighted by molar-refractivity contribution is 0.471. The van der Waals surface area contributed by atoms with E-state index in [2.05, 4.69) is 60.8 Å². The van der Waals surface area contributed by atoms with Gasteiger partial charge in [-0.1, -0.05) is 55.8 Å². The van der Waals surface area contributed by atoms with E-state index in [-0.39, 0.29) is 0 Å². The van der Waals surface area contributed by atoms with Gasteiger partial charge in [-0.2, -0.15) is 0 Å². The summed E-state index contributed by atoms with van der Waals surface area (Å²) in [6.45, 7) is 3.37. The molecular formula is C18H21N. The zero-order chi connectivity index (χ0) is 13.1. The highest BCUT2D eigenvalue weighted by Crippen LogP contribution is 2.30.